The van der Waals surface area contributed by atoms with Gasteiger partial charge in [0.15, 0.2) is 0 Å². The van der Waals surface area contributed by atoms with Gasteiger partial charge >= 0.3 is 0 Å². The fourth-order valence-electron chi connectivity index (χ4n) is 2.49. The quantitative estimate of drug-likeness (QED) is 0.788. The van der Waals surface area contributed by atoms with Gasteiger partial charge in [-0.1, -0.05) is 25.5 Å². The second-order valence-corrected chi connectivity index (χ2v) is 8.14. The number of nitrogens with zero attached hydrogens (tertiary/aromatic N) is 1. The zero-order chi connectivity index (χ0) is 15.1. The number of aryl methyl sites for hydroxylation is 1. The maximum atomic E-state index is 12.6. The van der Waals surface area contributed by atoms with E-state index in [1.54, 1.807) is 17.0 Å². The van der Waals surface area contributed by atoms with Crippen molar-refractivity contribution in [1.29, 1.82) is 0 Å². The normalized spacial score (nSPS) is 23.1. The Morgan fingerprint density at radius 1 is 1.25 bits per heavy atom. The number of halogens is 1. The summed E-state index contributed by atoms with van der Waals surface area (Å²) in [5.41, 5.74) is 0.999. The zero-order valence-corrected chi connectivity index (χ0v) is 13.3. The van der Waals surface area contributed by atoms with E-state index in [9.17, 15) is 13.2 Å². The van der Waals surface area contributed by atoms with Crippen molar-refractivity contribution in [3.63, 3.8) is 0 Å². The van der Waals surface area contributed by atoms with Crippen LogP contribution < -0.4 is 0 Å². The fourth-order valence-corrected chi connectivity index (χ4v) is 3.53. The van der Waals surface area contributed by atoms with E-state index in [0.29, 0.717) is 24.9 Å². The molecule has 2 rings (SSSR count). The highest BCUT2D eigenvalue weighted by molar-refractivity contribution is 8.13. The van der Waals surface area contributed by atoms with Gasteiger partial charge in [0.1, 0.15) is 0 Å². The lowest BCUT2D eigenvalue weighted by atomic mass is 10.0. The van der Waals surface area contributed by atoms with Gasteiger partial charge in [-0.05, 0) is 30.9 Å². The molecule has 20 heavy (non-hydrogen) atoms. The minimum Gasteiger partial charge on any atom is -0.338 e. The molecule has 0 N–H and O–H groups in total. The number of carbonyl (C=O) groups excluding carboxylic acids is 1. The average Bonchev–Trinajstić information content (AvgIpc) is 2.67. The molecule has 0 aliphatic carbocycles. The van der Waals surface area contributed by atoms with Crippen LogP contribution in [0.5, 0.6) is 0 Å². The van der Waals surface area contributed by atoms with Crippen molar-refractivity contribution in [2.75, 3.05) is 13.1 Å². The lowest BCUT2D eigenvalue weighted by Crippen LogP contribution is -2.30. The first kappa shape index (κ1) is 15.3. The van der Waals surface area contributed by atoms with Crippen molar-refractivity contribution in [3.05, 3.63) is 29.3 Å². The first-order chi connectivity index (χ1) is 9.20. The van der Waals surface area contributed by atoms with Gasteiger partial charge in [-0.25, -0.2) is 8.42 Å². The summed E-state index contributed by atoms with van der Waals surface area (Å²) < 4.78 is 23.2. The highest BCUT2D eigenvalue weighted by Crippen LogP contribution is 2.27. The van der Waals surface area contributed by atoms with E-state index in [0.717, 1.165) is 5.56 Å². The van der Waals surface area contributed by atoms with Crippen LogP contribution in [0.1, 0.15) is 29.8 Å². The molecule has 0 spiro atoms. The Hall–Kier alpha value is -1.07. The molecule has 1 fully saturated rings. The second kappa shape index (κ2) is 5.37. The van der Waals surface area contributed by atoms with Crippen molar-refractivity contribution in [2.45, 2.75) is 25.7 Å². The lowest BCUT2D eigenvalue weighted by Gasteiger charge is -2.18. The van der Waals surface area contributed by atoms with E-state index < -0.39 is 9.05 Å². The van der Waals surface area contributed by atoms with Crippen LogP contribution in [0.25, 0.3) is 0 Å². The van der Waals surface area contributed by atoms with E-state index in [1.165, 1.54) is 6.07 Å². The van der Waals surface area contributed by atoms with Crippen LogP contribution in [0.15, 0.2) is 23.1 Å². The summed E-state index contributed by atoms with van der Waals surface area (Å²) in [6.07, 6.45) is 0. The zero-order valence-electron chi connectivity index (χ0n) is 11.8. The monoisotopic (exact) mass is 315 g/mol. The number of amides is 1. The van der Waals surface area contributed by atoms with Crippen molar-refractivity contribution >= 4 is 25.6 Å². The number of hydrogen-bond acceptors (Lipinski definition) is 3. The molecular formula is C14H18ClNO3S. The van der Waals surface area contributed by atoms with Crippen molar-refractivity contribution < 1.29 is 13.2 Å². The SMILES string of the molecule is Cc1ccc(S(=O)(=O)Cl)c(C(=O)N2CC(C)C(C)C2)c1. The molecule has 6 heteroatoms. The minimum absolute atomic E-state index is 0.109. The molecule has 0 radical (unpaired) electrons. The third-order valence-electron chi connectivity index (χ3n) is 3.90. The smallest absolute Gasteiger partial charge is 0.262 e. The van der Waals surface area contributed by atoms with Gasteiger partial charge in [0.25, 0.3) is 15.0 Å². The largest absolute Gasteiger partial charge is 0.338 e. The number of rotatable bonds is 2. The highest BCUT2D eigenvalue weighted by atomic mass is 35.7. The van der Waals surface area contributed by atoms with Crippen LogP contribution in [0.2, 0.25) is 0 Å². The molecule has 1 saturated heterocycles. The standard InChI is InChI=1S/C14H18ClNO3S/c1-9-4-5-13(20(15,18)19)12(6-9)14(17)16-7-10(2)11(3)8-16/h4-6,10-11H,7-8H2,1-3H3. The maximum absolute atomic E-state index is 12.6. The van der Waals surface area contributed by atoms with Gasteiger partial charge in [-0.2, -0.15) is 0 Å². The summed E-state index contributed by atoms with van der Waals surface area (Å²) in [5.74, 6) is 0.573. The van der Waals surface area contributed by atoms with Gasteiger partial charge in [0.2, 0.25) is 0 Å². The highest BCUT2D eigenvalue weighted by Gasteiger charge is 2.32. The first-order valence-corrected chi connectivity index (χ1v) is 8.85. The Balaban J connectivity index is 2.42. The topological polar surface area (TPSA) is 54.5 Å². The molecule has 4 nitrogen and oxygen atoms in total. The van der Waals surface area contributed by atoms with Crippen LogP contribution in [-0.4, -0.2) is 32.3 Å². The lowest BCUT2D eigenvalue weighted by molar-refractivity contribution is 0.0781. The van der Waals surface area contributed by atoms with Gasteiger partial charge in [0.05, 0.1) is 10.5 Å². The molecule has 2 unspecified atom stereocenters. The molecule has 0 bridgehead atoms. The van der Waals surface area contributed by atoms with Crippen LogP contribution in [0.3, 0.4) is 0 Å². The number of benzene rings is 1. The second-order valence-electron chi connectivity index (χ2n) is 5.60. The van der Waals surface area contributed by atoms with Gasteiger partial charge in [-0.15, -0.1) is 0 Å². The van der Waals surface area contributed by atoms with Crippen molar-refractivity contribution in [3.8, 4) is 0 Å². The van der Waals surface area contributed by atoms with Crippen molar-refractivity contribution in [1.82, 2.24) is 4.90 Å². The van der Waals surface area contributed by atoms with E-state index in [1.807, 2.05) is 6.92 Å². The van der Waals surface area contributed by atoms with Crippen LogP contribution in [-0.2, 0) is 9.05 Å². The Morgan fingerprint density at radius 3 is 2.30 bits per heavy atom. The minimum atomic E-state index is -3.93. The molecular weight excluding hydrogens is 298 g/mol. The van der Waals surface area contributed by atoms with Crippen LogP contribution in [0, 0.1) is 18.8 Å². The average molecular weight is 316 g/mol. The van der Waals surface area contributed by atoms with E-state index in [-0.39, 0.29) is 16.4 Å². The number of carbonyl (C=O) groups is 1. The molecule has 0 saturated carbocycles. The van der Waals surface area contributed by atoms with Crippen molar-refractivity contribution in [2.24, 2.45) is 11.8 Å². The van der Waals surface area contributed by atoms with Crippen LogP contribution >= 0.6 is 10.7 Å². The molecule has 1 aromatic rings. The molecule has 2 atom stereocenters. The molecule has 1 amide bonds. The predicted molar refractivity (Wildman–Crippen MR) is 78.4 cm³/mol. The summed E-state index contributed by atoms with van der Waals surface area (Å²) >= 11 is 0. The Labute approximate surface area is 124 Å². The van der Waals surface area contributed by atoms with Crippen LogP contribution in [0.4, 0.5) is 0 Å². The van der Waals surface area contributed by atoms with E-state index >= 15 is 0 Å². The van der Waals surface area contributed by atoms with E-state index in [4.69, 9.17) is 10.7 Å². The Morgan fingerprint density at radius 2 is 1.80 bits per heavy atom. The first-order valence-electron chi connectivity index (χ1n) is 6.54. The fraction of sp³-hybridized carbons (Fsp3) is 0.500. The maximum Gasteiger partial charge on any atom is 0.262 e. The summed E-state index contributed by atoms with van der Waals surface area (Å²) in [4.78, 5) is 14.2. The third-order valence-corrected chi connectivity index (χ3v) is 5.28. The molecule has 110 valence electrons. The summed E-state index contributed by atoms with van der Waals surface area (Å²) in [6.45, 7) is 7.29. The molecule has 1 aromatic carbocycles. The van der Waals surface area contributed by atoms with Gasteiger partial charge in [0, 0.05) is 23.8 Å². The summed E-state index contributed by atoms with van der Waals surface area (Å²) in [6, 6.07) is 4.63. The van der Waals surface area contributed by atoms with Gasteiger partial charge in [-0.3, -0.25) is 4.79 Å². The molecule has 1 aliphatic rings. The number of likely N-dealkylation sites (tertiary alicyclic amines) is 1. The Kier molecular flexibility index (Phi) is 4.12. The molecule has 1 heterocycles. The summed E-state index contributed by atoms with van der Waals surface area (Å²) in [5, 5.41) is 0. The molecule has 1 aliphatic heterocycles. The molecule has 0 aromatic heterocycles. The predicted octanol–water partition coefficient (Wildman–Crippen LogP) is 2.65. The summed E-state index contributed by atoms with van der Waals surface area (Å²) in [7, 11) is 1.50. The Bertz CT molecular complexity index is 632. The number of hydrogen-bond donors (Lipinski definition) is 0. The van der Waals surface area contributed by atoms with E-state index in [2.05, 4.69) is 13.8 Å². The van der Waals surface area contributed by atoms with Gasteiger partial charge < -0.3 is 4.90 Å². The third kappa shape index (κ3) is 2.99.